The molecule has 0 amide bonds. The molecule has 2 heterocycles. The van der Waals surface area contributed by atoms with Gasteiger partial charge in [-0.3, -0.25) is 10.00 Å². The first-order valence-electron chi connectivity index (χ1n) is 9.47. The Hall–Kier alpha value is -2.54. The molecule has 0 unspecified atom stereocenters. The average Bonchev–Trinajstić information content (AvgIpc) is 3.16. The molecule has 0 aliphatic heterocycles. The molecule has 4 rings (SSSR count). The summed E-state index contributed by atoms with van der Waals surface area (Å²) in [6.45, 7) is 1.27. The molecule has 1 N–H and O–H groups in total. The predicted molar refractivity (Wildman–Crippen MR) is 98.5 cm³/mol. The first kappa shape index (κ1) is 17.9. The Morgan fingerprint density at radius 3 is 2.89 bits per heavy atom. The van der Waals surface area contributed by atoms with Gasteiger partial charge in [-0.05, 0) is 49.9 Å². The third kappa shape index (κ3) is 4.24. The lowest BCUT2D eigenvalue weighted by atomic mass is 10.1. The summed E-state index contributed by atoms with van der Waals surface area (Å²) in [7, 11) is 2.01. The van der Waals surface area contributed by atoms with Gasteiger partial charge < -0.3 is 4.52 Å². The van der Waals surface area contributed by atoms with Crippen LogP contribution in [-0.4, -0.2) is 32.3 Å². The highest BCUT2D eigenvalue weighted by atomic mass is 19.1. The molecule has 0 saturated heterocycles. The largest absolute Gasteiger partial charge is 0.338 e. The maximum atomic E-state index is 13.8. The second kappa shape index (κ2) is 8.00. The van der Waals surface area contributed by atoms with Crippen LogP contribution in [-0.2, 0) is 32.4 Å². The van der Waals surface area contributed by atoms with Crippen LogP contribution in [0.1, 0.15) is 53.5 Å². The topological polar surface area (TPSA) is 70.8 Å². The minimum absolute atomic E-state index is 0.250. The van der Waals surface area contributed by atoms with Crippen molar-refractivity contribution in [2.24, 2.45) is 0 Å². The number of H-pyrrole nitrogens is 1. The second-order valence-corrected chi connectivity index (χ2v) is 7.23. The Morgan fingerprint density at radius 1 is 1.15 bits per heavy atom. The average molecular weight is 369 g/mol. The van der Waals surface area contributed by atoms with Gasteiger partial charge in [-0.2, -0.15) is 10.1 Å². The fourth-order valence-corrected chi connectivity index (χ4v) is 3.64. The van der Waals surface area contributed by atoms with E-state index >= 15 is 0 Å². The summed E-state index contributed by atoms with van der Waals surface area (Å²) >= 11 is 0. The molecule has 142 valence electrons. The first-order chi connectivity index (χ1) is 13.2. The van der Waals surface area contributed by atoms with Gasteiger partial charge in [0, 0.05) is 18.7 Å². The van der Waals surface area contributed by atoms with Crippen LogP contribution in [0.2, 0.25) is 0 Å². The van der Waals surface area contributed by atoms with E-state index in [1.807, 2.05) is 7.05 Å². The van der Waals surface area contributed by atoms with Gasteiger partial charge in [0.15, 0.2) is 5.82 Å². The molecule has 1 aliphatic carbocycles. The third-order valence-corrected chi connectivity index (χ3v) is 5.03. The van der Waals surface area contributed by atoms with Gasteiger partial charge in [0.2, 0.25) is 5.89 Å². The van der Waals surface area contributed by atoms with Gasteiger partial charge in [-0.15, -0.1) is 0 Å². The second-order valence-electron chi connectivity index (χ2n) is 7.23. The van der Waals surface area contributed by atoms with Crippen LogP contribution in [0.15, 0.2) is 28.8 Å². The monoisotopic (exact) mass is 369 g/mol. The van der Waals surface area contributed by atoms with Gasteiger partial charge in [-0.1, -0.05) is 29.8 Å². The van der Waals surface area contributed by atoms with Crippen LogP contribution in [0.25, 0.3) is 0 Å². The molecular weight excluding hydrogens is 345 g/mol. The summed E-state index contributed by atoms with van der Waals surface area (Å²) in [6.07, 6.45) is 6.26. The number of nitrogens with zero attached hydrogens (tertiary/aromatic N) is 4. The van der Waals surface area contributed by atoms with Crippen molar-refractivity contribution < 1.29 is 8.91 Å². The van der Waals surface area contributed by atoms with Gasteiger partial charge in [0.25, 0.3) is 0 Å². The van der Waals surface area contributed by atoms with Crippen molar-refractivity contribution in [1.29, 1.82) is 0 Å². The molecular formula is C20H24FN5O. The maximum absolute atomic E-state index is 13.8. The van der Waals surface area contributed by atoms with E-state index in [0.717, 1.165) is 25.1 Å². The fourth-order valence-electron chi connectivity index (χ4n) is 3.64. The minimum atomic E-state index is -0.250. The predicted octanol–water partition coefficient (Wildman–Crippen LogP) is 3.42. The molecule has 27 heavy (non-hydrogen) atoms. The highest BCUT2D eigenvalue weighted by molar-refractivity contribution is 5.26. The van der Waals surface area contributed by atoms with Gasteiger partial charge in [0.1, 0.15) is 5.82 Å². The maximum Gasteiger partial charge on any atom is 0.240 e. The number of fused-ring (bicyclic) bond motifs is 1. The van der Waals surface area contributed by atoms with Crippen molar-refractivity contribution in [2.45, 2.75) is 51.6 Å². The molecule has 6 nitrogen and oxygen atoms in total. The molecule has 0 radical (unpaired) electrons. The van der Waals surface area contributed by atoms with Crippen LogP contribution in [0.4, 0.5) is 4.39 Å². The van der Waals surface area contributed by atoms with Crippen molar-refractivity contribution in [3.8, 4) is 0 Å². The van der Waals surface area contributed by atoms with Gasteiger partial charge in [0.05, 0.1) is 12.2 Å². The number of hydrogen-bond acceptors (Lipinski definition) is 5. The van der Waals surface area contributed by atoms with E-state index in [-0.39, 0.29) is 5.82 Å². The molecule has 0 saturated carbocycles. The standard InChI is InChI=1S/C20H24FN5O/c1-26(12-18-15-8-3-2-4-10-17(15)23-24-18)13-20-22-19(25-27-20)11-14-7-5-6-9-16(14)21/h5-7,9H,2-4,8,10-13H2,1H3,(H,23,24). The fraction of sp³-hybridized carbons (Fsp3) is 0.450. The summed E-state index contributed by atoms with van der Waals surface area (Å²) in [5.41, 5.74) is 4.35. The first-order valence-corrected chi connectivity index (χ1v) is 9.47. The molecule has 1 aliphatic rings. The van der Waals surface area contributed by atoms with Crippen LogP contribution < -0.4 is 0 Å². The van der Waals surface area contributed by atoms with Crippen LogP contribution in [0.3, 0.4) is 0 Å². The zero-order chi connectivity index (χ0) is 18.6. The van der Waals surface area contributed by atoms with E-state index in [0.29, 0.717) is 30.2 Å². The van der Waals surface area contributed by atoms with E-state index in [1.54, 1.807) is 18.2 Å². The van der Waals surface area contributed by atoms with E-state index in [9.17, 15) is 4.39 Å². The number of aromatic nitrogens is 4. The smallest absolute Gasteiger partial charge is 0.240 e. The van der Waals surface area contributed by atoms with E-state index in [2.05, 4.69) is 25.2 Å². The van der Waals surface area contributed by atoms with Gasteiger partial charge >= 0.3 is 0 Å². The number of aromatic amines is 1. The Labute approximate surface area is 157 Å². The number of benzene rings is 1. The zero-order valence-electron chi connectivity index (χ0n) is 15.5. The van der Waals surface area contributed by atoms with E-state index in [4.69, 9.17) is 4.52 Å². The molecule has 0 atom stereocenters. The lowest BCUT2D eigenvalue weighted by Crippen LogP contribution is -2.18. The Balaban J connectivity index is 1.38. The number of nitrogens with one attached hydrogen (secondary N) is 1. The highest BCUT2D eigenvalue weighted by Crippen LogP contribution is 2.22. The van der Waals surface area contributed by atoms with Crippen molar-refractivity contribution in [2.75, 3.05) is 7.05 Å². The van der Waals surface area contributed by atoms with Crippen LogP contribution in [0, 0.1) is 5.82 Å². The van der Waals surface area contributed by atoms with Crippen molar-refractivity contribution in [1.82, 2.24) is 25.2 Å². The number of aryl methyl sites for hydroxylation is 1. The van der Waals surface area contributed by atoms with E-state index < -0.39 is 0 Å². The Morgan fingerprint density at radius 2 is 2.00 bits per heavy atom. The third-order valence-electron chi connectivity index (χ3n) is 5.03. The van der Waals surface area contributed by atoms with Crippen LogP contribution in [0.5, 0.6) is 0 Å². The quantitative estimate of drug-likeness (QED) is 0.674. The molecule has 3 aromatic rings. The zero-order valence-corrected chi connectivity index (χ0v) is 15.5. The molecule has 7 heteroatoms. The Kier molecular flexibility index (Phi) is 5.29. The molecule has 2 aromatic heterocycles. The highest BCUT2D eigenvalue weighted by Gasteiger charge is 2.18. The minimum Gasteiger partial charge on any atom is -0.338 e. The lowest BCUT2D eigenvalue weighted by Gasteiger charge is -2.13. The molecule has 0 bridgehead atoms. The Bertz CT molecular complexity index is 903. The molecule has 0 spiro atoms. The van der Waals surface area contributed by atoms with Crippen molar-refractivity contribution in [3.05, 3.63) is 64.3 Å². The summed E-state index contributed by atoms with van der Waals surface area (Å²) < 4.78 is 19.1. The number of rotatable bonds is 6. The van der Waals surface area contributed by atoms with Crippen LogP contribution >= 0.6 is 0 Å². The normalized spacial score (nSPS) is 14.3. The van der Waals surface area contributed by atoms with Crippen molar-refractivity contribution >= 4 is 0 Å². The summed E-state index contributed by atoms with van der Waals surface area (Å²) in [4.78, 5) is 6.52. The molecule has 0 fully saturated rings. The summed E-state index contributed by atoms with van der Waals surface area (Å²) in [5, 5.41) is 11.7. The van der Waals surface area contributed by atoms with E-state index in [1.165, 1.54) is 36.6 Å². The molecule has 1 aromatic carbocycles. The number of halogens is 1. The number of hydrogen-bond donors (Lipinski definition) is 1. The van der Waals surface area contributed by atoms with Gasteiger partial charge in [-0.25, -0.2) is 4.39 Å². The van der Waals surface area contributed by atoms with Crippen molar-refractivity contribution in [3.63, 3.8) is 0 Å². The SMILES string of the molecule is CN(Cc1nc(Cc2ccccc2F)no1)Cc1n[nH]c2c1CCCCC2. The lowest BCUT2D eigenvalue weighted by molar-refractivity contribution is 0.257. The summed E-state index contributed by atoms with van der Waals surface area (Å²) in [5.74, 6) is 0.780. The summed E-state index contributed by atoms with van der Waals surface area (Å²) in [6, 6.07) is 6.66.